The highest BCUT2D eigenvalue weighted by atomic mass is 16.1. The van der Waals surface area contributed by atoms with Gasteiger partial charge < -0.3 is 5.73 Å². The number of rotatable bonds is 3. The molecule has 0 aliphatic carbocycles. The van der Waals surface area contributed by atoms with E-state index < -0.39 is 5.91 Å². The zero-order valence-corrected chi connectivity index (χ0v) is 7.87. The maximum Gasteiger partial charge on any atom is 0.288 e. The van der Waals surface area contributed by atoms with E-state index >= 15 is 0 Å². The largest absolute Gasteiger partial charge is 0.363 e. The molecule has 1 aromatic carbocycles. The van der Waals surface area contributed by atoms with Crippen LogP contribution in [0.2, 0.25) is 0 Å². The Morgan fingerprint density at radius 1 is 1.33 bits per heavy atom. The lowest BCUT2D eigenvalue weighted by molar-refractivity contribution is 0.0985. The molecule has 2 rings (SSSR count). The quantitative estimate of drug-likeness (QED) is 0.749. The molecule has 0 atom stereocenters. The van der Waals surface area contributed by atoms with Crippen molar-refractivity contribution in [3.63, 3.8) is 0 Å². The van der Waals surface area contributed by atoms with Crippen LogP contribution in [0.15, 0.2) is 30.3 Å². The van der Waals surface area contributed by atoms with Crippen molar-refractivity contribution in [3.05, 3.63) is 41.7 Å². The summed E-state index contributed by atoms with van der Waals surface area (Å²) in [6, 6.07) is 9.57. The van der Waals surface area contributed by atoms with Gasteiger partial charge in [0, 0.05) is 0 Å². The second-order valence-electron chi connectivity index (χ2n) is 3.01. The van der Waals surface area contributed by atoms with Crippen molar-refractivity contribution >= 4 is 5.91 Å². The predicted molar refractivity (Wildman–Crippen MR) is 51.9 cm³/mol. The van der Waals surface area contributed by atoms with Crippen molar-refractivity contribution in [3.8, 4) is 0 Å². The van der Waals surface area contributed by atoms with Crippen LogP contribution in [0.4, 0.5) is 0 Å². The van der Waals surface area contributed by atoms with Gasteiger partial charge >= 0.3 is 0 Å². The van der Waals surface area contributed by atoms with Crippen LogP contribution in [-0.4, -0.2) is 26.1 Å². The number of nitrogens with two attached hydrogens (primary N) is 1. The Kier molecular flexibility index (Phi) is 2.40. The van der Waals surface area contributed by atoms with Crippen molar-refractivity contribution in [1.82, 2.24) is 20.2 Å². The van der Waals surface area contributed by atoms with Gasteiger partial charge in [-0.1, -0.05) is 30.3 Å². The molecule has 0 fully saturated rings. The fourth-order valence-electron chi connectivity index (χ4n) is 1.24. The van der Waals surface area contributed by atoms with Crippen LogP contribution in [0.3, 0.4) is 0 Å². The Bertz CT molecular complexity index is 464. The number of amides is 1. The monoisotopic (exact) mass is 203 g/mol. The van der Waals surface area contributed by atoms with E-state index in [0.717, 1.165) is 5.56 Å². The van der Waals surface area contributed by atoms with Crippen molar-refractivity contribution in [2.75, 3.05) is 0 Å². The van der Waals surface area contributed by atoms with E-state index in [9.17, 15) is 4.79 Å². The first kappa shape index (κ1) is 9.32. The van der Waals surface area contributed by atoms with Gasteiger partial charge in [0.05, 0.1) is 6.54 Å². The summed E-state index contributed by atoms with van der Waals surface area (Å²) in [5.41, 5.74) is 6.12. The summed E-state index contributed by atoms with van der Waals surface area (Å²) < 4.78 is 1.37. The molecule has 0 bridgehead atoms. The number of aromatic nitrogens is 4. The Hall–Kier alpha value is -2.24. The zero-order valence-electron chi connectivity index (χ0n) is 7.87. The van der Waals surface area contributed by atoms with Crippen LogP contribution in [0.1, 0.15) is 16.2 Å². The minimum atomic E-state index is -0.629. The third-order valence-corrected chi connectivity index (χ3v) is 1.93. The molecule has 6 heteroatoms. The molecule has 0 saturated heterocycles. The molecule has 1 aromatic heterocycles. The van der Waals surface area contributed by atoms with Gasteiger partial charge in [-0.25, -0.2) is 4.68 Å². The highest BCUT2D eigenvalue weighted by Crippen LogP contribution is 2.02. The van der Waals surface area contributed by atoms with Gasteiger partial charge in [-0.3, -0.25) is 4.79 Å². The smallest absolute Gasteiger partial charge is 0.288 e. The van der Waals surface area contributed by atoms with Crippen molar-refractivity contribution in [2.24, 2.45) is 5.73 Å². The molecule has 6 nitrogen and oxygen atoms in total. The molecule has 0 unspecified atom stereocenters. The van der Waals surface area contributed by atoms with Crippen molar-refractivity contribution in [2.45, 2.75) is 6.54 Å². The molecule has 2 aromatic rings. The molecule has 0 radical (unpaired) electrons. The summed E-state index contributed by atoms with van der Waals surface area (Å²) in [4.78, 5) is 10.9. The standard InChI is InChI=1S/C9H9N5O/c10-8(15)9-11-12-13-14(9)6-7-4-2-1-3-5-7/h1-5H,6H2,(H2,10,15). The first-order valence-corrected chi connectivity index (χ1v) is 4.37. The van der Waals surface area contributed by atoms with E-state index in [4.69, 9.17) is 5.73 Å². The number of hydrogen-bond acceptors (Lipinski definition) is 4. The molecule has 1 heterocycles. The van der Waals surface area contributed by atoms with Crippen molar-refractivity contribution < 1.29 is 4.79 Å². The first-order valence-electron chi connectivity index (χ1n) is 4.37. The van der Waals surface area contributed by atoms with Crippen LogP contribution in [-0.2, 0) is 6.54 Å². The second kappa shape index (κ2) is 3.87. The van der Waals surface area contributed by atoms with Gasteiger partial charge in [0.15, 0.2) is 0 Å². The fourth-order valence-corrected chi connectivity index (χ4v) is 1.24. The summed E-state index contributed by atoms with van der Waals surface area (Å²) in [6.45, 7) is 0.437. The van der Waals surface area contributed by atoms with Gasteiger partial charge in [0.2, 0.25) is 5.82 Å². The lowest BCUT2D eigenvalue weighted by atomic mass is 10.2. The SMILES string of the molecule is NC(=O)c1nnnn1Cc1ccccc1. The number of tetrazole rings is 1. The normalized spacial score (nSPS) is 10.1. The summed E-state index contributed by atoms with van der Waals surface area (Å²) >= 11 is 0. The first-order chi connectivity index (χ1) is 7.27. The Morgan fingerprint density at radius 3 is 2.73 bits per heavy atom. The predicted octanol–water partition coefficient (Wildman–Crippen LogP) is -0.180. The molecule has 76 valence electrons. The maximum atomic E-state index is 10.9. The number of carbonyl (C=O) groups is 1. The maximum absolute atomic E-state index is 10.9. The number of primary amides is 1. The van der Waals surface area contributed by atoms with Crippen LogP contribution in [0.5, 0.6) is 0 Å². The molecular weight excluding hydrogens is 194 g/mol. The molecule has 2 N–H and O–H groups in total. The molecule has 0 saturated carbocycles. The molecule has 0 aliphatic heterocycles. The minimum absolute atomic E-state index is 0.0684. The molecule has 0 spiro atoms. The molecule has 15 heavy (non-hydrogen) atoms. The second-order valence-corrected chi connectivity index (χ2v) is 3.01. The lowest BCUT2D eigenvalue weighted by Crippen LogP contribution is -2.19. The summed E-state index contributed by atoms with van der Waals surface area (Å²) in [6.07, 6.45) is 0. The van der Waals surface area contributed by atoms with Crippen LogP contribution in [0, 0.1) is 0 Å². The topological polar surface area (TPSA) is 86.7 Å². The van der Waals surface area contributed by atoms with Crippen LogP contribution in [0.25, 0.3) is 0 Å². The van der Waals surface area contributed by atoms with Gasteiger partial charge in [-0.15, -0.1) is 5.10 Å². The van der Waals surface area contributed by atoms with E-state index in [0.29, 0.717) is 6.54 Å². The average Bonchev–Trinajstić information content (AvgIpc) is 2.67. The Labute approximate surface area is 85.7 Å². The highest BCUT2D eigenvalue weighted by molar-refractivity contribution is 5.88. The van der Waals surface area contributed by atoms with Gasteiger partial charge in [0.1, 0.15) is 0 Å². The molecule has 0 aliphatic rings. The summed E-state index contributed by atoms with van der Waals surface area (Å²) in [5, 5.41) is 10.6. The molecular formula is C9H9N5O. The Balaban J connectivity index is 2.25. The zero-order chi connectivity index (χ0) is 10.7. The number of nitrogens with zero attached hydrogens (tertiary/aromatic N) is 4. The van der Waals surface area contributed by atoms with E-state index in [2.05, 4.69) is 15.5 Å². The number of carbonyl (C=O) groups excluding carboxylic acids is 1. The van der Waals surface area contributed by atoms with E-state index in [-0.39, 0.29) is 5.82 Å². The van der Waals surface area contributed by atoms with E-state index in [1.165, 1.54) is 4.68 Å². The summed E-state index contributed by atoms with van der Waals surface area (Å²) in [5.74, 6) is -0.560. The third kappa shape index (κ3) is 1.98. The number of hydrogen-bond donors (Lipinski definition) is 1. The van der Waals surface area contributed by atoms with Gasteiger partial charge in [-0.05, 0) is 16.0 Å². The van der Waals surface area contributed by atoms with Gasteiger partial charge in [-0.2, -0.15) is 0 Å². The van der Waals surface area contributed by atoms with Gasteiger partial charge in [0.25, 0.3) is 5.91 Å². The van der Waals surface area contributed by atoms with Crippen LogP contribution >= 0.6 is 0 Å². The highest BCUT2D eigenvalue weighted by Gasteiger charge is 2.11. The molecule has 1 amide bonds. The average molecular weight is 203 g/mol. The Morgan fingerprint density at radius 2 is 2.07 bits per heavy atom. The number of benzene rings is 1. The van der Waals surface area contributed by atoms with E-state index in [1.807, 2.05) is 30.3 Å². The third-order valence-electron chi connectivity index (χ3n) is 1.93. The van der Waals surface area contributed by atoms with Crippen molar-refractivity contribution in [1.29, 1.82) is 0 Å². The van der Waals surface area contributed by atoms with Crippen LogP contribution < -0.4 is 5.73 Å². The summed E-state index contributed by atoms with van der Waals surface area (Å²) in [7, 11) is 0. The van der Waals surface area contributed by atoms with E-state index in [1.54, 1.807) is 0 Å². The minimum Gasteiger partial charge on any atom is -0.363 e. The lowest BCUT2D eigenvalue weighted by Gasteiger charge is -2.01. The fraction of sp³-hybridized carbons (Fsp3) is 0.111.